The highest BCUT2D eigenvalue weighted by Crippen LogP contribution is 2.46. The van der Waals surface area contributed by atoms with E-state index in [1.54, 1.807) is 11.3 Å². The minimum Gasteiger partial charge on any atom is -0.419 e. The molecule has 0 aliphatic heterocycles. The number of aromatic nitrogens is 3. The lowest BCUT2D eigenvalue weighted by molar-refractivity contribution is -0.191. The Morgan fingerprint density at radius 3 is 2.48 bits per heavy atom. The molecule has 3 rings (SSSR count). The molecule has 0 radical (unpaired) electrons. The van der Waals surface area contributed by atoms with Crippen molar-refractivity contribution in [3.63, 3.8) is 0 Å². The van der Waals surface area contributed by atoms with Gasteiger partial charge in [-0.2, -0.15) is 9.59 Å². The zero-order valence-corrected chi connectivity index (χ0v) is 16.3. The topological polar surface area (TPSA) is 85.9 Å². The quantitative estimate of drug-likeness (QED) is 0.810. The van der Waals surface area contributed by atoms with Crippen molar-refractivity contribution in [3.8, 4) is 10.9 Å². The zero-order chi connectivity index (χ0) is 18.7. The molecular formula is C18H25N3O3S. The largest absolute Gasteiger partial charge is 0.419 e. The summed E-state index contributed by atoms with van der Waals surface area (Å²) in [5.74, 6) is 2.04. The zero-order valence-electron chi connectivity index (χ0n) is 15.5. The van der Waals surface area contributed by atoms with Crippen molar-refractivity contribution < 1.29 is 14.0 Å². The van der Waals surface area contributed by atoms with Crippen molar-refractivity contribution in [2.75, 3.05) is 0 Å². The fourth-order valence-electron chi connectivity index (χ4n) is 3.31. The lowest BCUT2D eigenvalue weighted by Gasteiger charge is -2.42. The molecule has 2 aromatic heterocycles. The molecule has 7 heteroatoms. The Morgan fingerprint density at radius 1 is 1.28 bits per heavy atom. The summed E-state index contributed by atoms with van der Waals surface area (Å²) < 4.78 is 5.76. The van der Waals surface area contributed by atoms with Crippen molar-refractivity contribution in [2.45, 2.75) is 60.3 Å². The highest BCUT2D eigenvalue weighted by atomic mass is 32.1. The molecule has 1 aliphatic rings. The van der Waals surface area contributed by atoms with Crippen molar-refractivity contribution >= 4 is 17.5 Å². The summed E-state index contributed by atoms with van der Waals surface area (Å²) in [7, 11) is 0. The second-order valence-corrected chi connectivity index (χ2v) is 9.47. The molecule has 0 aromatic carbocycles. The molecule has 2 aromatic rings. The number of thiazole rings is 1. The Bertz CT molecular complexity index is 729. The van der Waals surface area contributed by atoms with Gasteiger partial charge in [0, 0.05) is 11.8 Å². The smallest absolute Gasteiger partial charge is 0.373 e. The summed E-state index contributed by atoms with van der Waals surface area (Å²) in [5.41, 5.74) is 1.84. The Morgan fingerprint density at radius 2 is 1.92 bits per heavy atom. The molecule has 0 spiro atoms. The van der Waals surface area contributed by atoms with E-state index in [0.29, 0.717) is 17.2 Å². The summed E-state index contributed by atoms with van der Waals surface area (Å²) >= 11 is 1.60. The molecule has 0 N–H and O–H groups in total. The van der Waals surface area contributed by atoms with Crippen LogP contribution in [0.3, 0.4) is 0 Å². The fourth-order valence-corrected chi connectivity index (χ4v) is 4.06. The van der Waals surface area contributed by atoms with E-state index >= 15 is 0 Å². The van der Waals surface area contributed by atoms with E-state index < -0.39 is 0 Å². The monoisotopic (exact) mass is 363 g/mol. The van der Waals surface area contributed by atoms with Crippen LogP contribution >= 0.6 is 11.3 Å². The van der Waals surface area contributed by atoms with Crippen molar-refractivity contribution in [1.82, 2.24) is 15.2 Å². The van der Waals surface area contributed by atoms with Gasteiger partial charge in [-0.05, 0) is 36.0 Å². The molecule has 0 unspecified atom stereocenters. The van der Waals surface area contributed by atoms with Gasteiger partial charge >= 0.3 is 6.15 Å². The van der Waals surface area contributed by atoms with Gasteiger partial charge in [-0.1, -0.05) is 34.6 Å². The first kappa shape index (κ1) is 19.5. The Balaban J connectivity index is 0.000000701. The standard InChI is InChI=1S/C17H25N3OS.CO2/c1-16(2,3)9-13-19-20-14(21-13)15-18-12(10-22-15)6-11-7-17(4,5)8-11;2-1-3/h10-11H,6-9H2,1-5H3;. The summed E-state index contributed by atoms with van der Waals surface area (Å²) in [6.07, 6.45) is 4.71. The van der Waals surface area contributed by atoms with E-state index in [1.807, 2.05) is 0 Å². The van der Waals surface area contributed by atoms with Crippen molar-refractivity contribution in [1.29, 1.82) is 0 Å². The molecule has 136 valence electrons. The van der Waals surface area contributed by atoms with Gasteiger partial charge < -0.3 is 4.42 Å². The molecule has 0 saturated heterocycles. The van der Waals surface area contributed by atoms with E-state index in [2.05, 4.69) is 55.2 Å². The summed E-state index contributed by atoms with van der Waals surface area (Å²) in [6.45, 7) is 11.2. The Labute approximate surface area is 152 Å². The average Bonchev–Trinajstić information content (AvgIpc) is 3.05. The number of carbonyl (C=O) groups excluding carboxylic acids is 2. The second kappa shape index (κ2) is 7.58. The molecule has 1 saturated carbocycles. The van der Waals surface area contributed by atoms with Crippen LogP contribution in [0.25, 0.3) is 10.9 Å². The van der Waals surface area contributed by atoms with Crippen LogP contribution in [-0.2, 0) is 22.4 Å². The molecule has 0 amide bonds. The first-order chi connectivity index (χ1) is 11.6. The predicted molar refractivity (Wildman–Crippen MR) is 93.8 cm³/mol. The number of nitrogens with zero attached hydrogens (tertiary/aromatic N) is 3. The van der Waals surface area contributed by atoms with E-state index in [1.165, 1.54) is 12.8 Å². The maximum atomic E-state index is 8.12. The predicted octanol–water partition coefficient (Wildman–Crippen LogP) is 4.18. The Hall–Kier alpha value is -1.85. The number of hydrogen-bond donors (Lipinski definition) is 0. The van der Waals surface area contributed by atoms with E-state index in [4.69, 9.17) is 14.0 Å². The highest BCUT2D eigenvalue weighted by Gasteiger charge is 2.36. The summed E-state index contributed by atoms with van der Waals surface area (Å²) in [6, 6.07) is 0. The third-order valence-corrected chi connectivity index (χ3v) is 4.94. The maximum absolute atomic E-state index is 8.12. The van der Waals surface area contributed by atoms with Crippen LogP contribution in [0.5, 0.6) is 0 Å². The SMILES string of the molecule is CC(C)(C)Cc1nnc(-c2nc(CC3CC(C)(C)C3)cs2)o1.O=C=O. The normalized spacial score (nSPS) is 16.5. The summed E-state index contributed by atoms with van der Waals surface area (Å²) in [4.78, 5) is 20.9. The van der Waals surface area contributed by atoms with Crippen molar-refractivity contribution in [3.05, 3.63) is 17.0 Å². The summed E-state index contributed by atoms with van der Waals surface area (Å²) in [5, 5.41) is 11.3. The fraction of sp³-hybridized carbons (Fsp3) is 0.667. The Kier molecular flexibility index (Phi) is 5.91. The van der Waals surface area contributed by atoms with Gasteiger partial charge in [0.15, 0.2) is 5.01 Å². The lowest BCUT2D eigenvalue weighted by atomic mass is 9.63. The van der Waals surface area contributed by atoms with E-state index in [-0.39, 0.29) is 11.6 Å². The second-order valence-electron chi connectivity index (χ2n) is 8.61. The first-order valence-corrected chi connectivity index (χ1v) is 9.26. The van der Waals surface area contributed by atoms with Gasteiger partial charge in [-0.25, -0.2) is 4.98 Å². The molecule has 0 bridgehead atoms. The van der Waals surface area contributed by atoms with Gasteiger partial charge in [0.1, 0.15) is 0 Å². The van der Waals surface area contributed by atoms with E-state index in [9.17, 15) is 0 Å². The lowest BCUT2D eigenvalue weighted by Crippen LogP contribution is -2.32. The number of hydrogen-bond acceptors (Lipinski definition) is 7. The highest BCUT2D eigenvalue weighted by molar-refractivity contribution is 7.13. The molecule has 1 fully saturated rings. The molecule has 0 atom stereocenters. The molecule has 25 heavy (non-hydrogen) atoms. The van der Waals surface area contributed by atoms with Crippen LogP contribution in [0.15, 0.2) is 9.80 Å². The first-order valence-electron chi connectivity index (χ1n) is 8.38. The van der Waals surface area contributed by atoms with Gasteiger partial charge in [0.25, 0.3) is 5.89 Å². The van der Waals surface area contributed by atoms with Crippen LogP contribution < -0.4 is 0 Å². The molecular weight excluding hydrogens is 338 g/mol. The third kappa shape index (κ3) is 5.87. The van der Waals surface area contributed by atoms with Crippen LogP contribution in [0.2, 0.25) is 0 Å². The van der Waals surface area contributed by atoms with Gasteiger partial charge in [0.2, 0.25) is 5.89 Å². The minimum absolute atomic E-state index is 0.148. The van der Waals surface area contributed by atoms with Crippen LogP contribution in [0.4, 0.5) is 0 Å². The van der Waals surface area contributed by atoms with Crippen LogP contribution in [0, 0.1) is 16.7 Å². The molecule has 2 heterocycles. The molecule has 6 nitrogen and oxygen atoms in total. The van der Waals surface area contributed by atoms with Gasteiger partial charge in [0.05, 0.1) is 5.69 Å². The average molecular weight is 363 g/mol. The van der Waals surface area contributed by atoms with Crippen LogP contribution in [-0.4, -0.2) is 21.3 Å². The van der Waals surface area contributed by atoms with Crippen molar-refractivity contribution in [2.24, 2.45) is 16.7 Å². The van der Waals surface area contributed by atoms with Gasteiger partial charge in [-0.15, -0.1) is 21.5 Å². The maximum Gasteiger partial charge on any atom is 0.373 e. The molecule has 1 aliphatic carbocycles. The minimum atomic E-state index is 0.148. The van der Waals surface area contributed by atoms with Gasteiger partial charge in [-0.3, -0.25) is 0 Å². The van der Waals surface area contributed by atoms with E-state index in [0.717, 1.165) is 29.5 Å². The third-order valence-electron chi connectivity index (χ3n) is 4.06. The van der Waals surface area contributed by atoms with Crippen LogP contribution in [0.1, 0.15) is 59.0 Å². The number of rotatable bonds is 4.